The number of hydrogen-bond acceptors (Lipinski definition) is 0. The first-order valence-electron chi connectivity index (χ1n) is 8.92. The van der Waals surface area contributed by atoms with Crippen LogP contribution in [0.4, 0.5) is 0 Å². The fraction of sp³-hybridized carbons (Fsp3) is 1.00. The van der Waals surface area contributed by atoms with Gasteiger partial charge in [0.15, 0.2) is 0 Å². The van der Waals surface area contributed by atoms with E-state index in [1.165, 1.54) is 44.9 Å². The Morgan fingerprint density at radius 3 is 1.60 bits per heavy atom. The molecule has 1 fully saturated rings. The van der Waals surface area contributed by atoms with Crippen LogP contribution in [0.3, 0.4) is 0 Å². The topological polar surface area (TPSA) is 0 Å². The van der Waals surface area contributed by atoms with Crippen molar-refractivity contribution < 1.29 is 0 Å². The predicted octanol–water partition coefficient (Wildman–Crippen LogP) is 7.57. The van der Waals surface area contributed by atoms with Crippen LogP contribution in [0.15, 0.2) is 0 Å². The average Bonchev–Trinajstić information content (AvgIpc) is 2.38. The fourth-order valence-electron chi connectivity index (χ4n) is 2.90. The third-order valence-electron chi connectivity index (χ3n) is 5.24. The van der Waals surface area contributed by atoms with Crippen LogP contribution in [0.5, 0.6) is 0 Å². The Balaban J connectivity index is 0. The summed E-state index contributed by atoms with van der Waals surface area (Å²) in [5.74, 6) is 4.82. The SMILES string of the molecule is C.CC(C)C(C)C.CCCC(CC)C1CCC(C)CC1. The van der Waals surface area contributed by atoms with Crippen molar-refractivity contribution in [3.05, 3.63) is 0 Å². The normalized spacial score (nSPS) is 23.9. The van der Waals surface area contributed by atoms with Crippen molar-refractivity contribution in [2.75, 3.05) is 0 Å². The van der Waals surface area contributed by atoms with E-state index in [-0.39, 0.29) is 7.43 Å². The molecule has 0 heteroatoms. The first kappa shape index (κ1) is 22.3. The van der Waals surface area contributed by atoms with Crippen molar-refractivity contribution in [3.63, 3.8) is 0 Å². The third-order valence-corrected chi connectivity index (χ3v) is 5.24. The zero-order valence-electron chi connectivity index (χ0n) is 14.8. The van der Waals surface area contributed by atoms with Crippen LogP contribution in [0, 0.1) is 29.6 Å². The summed E-state index contributed by atoms with van der Waals surface area (Å²) in [4.78, 5) is 0. The summed E-state index contributed by atoms with van der Waals surface area (Å²) in [5, 5.41) is 0. The largest absolute Gasteiger partial charge is 0.0776 e. The lowest BCUT2D eigenvalue weighted by Gasteiger charge is -2.32. The zero-order chi connectivity index (χ0) is 14.8. The van der Waals surface area contributed by atoms with Gasteiger partial charge in [-0.3, -0.25) is 0 Å². The molecule has 20 heavy (non-hydrogen) atoms. The molecule has 1 aliphatic carbocycles. The van der Waals surface area contributed by atoms with Gasteiger partial charge in [0.25, 0.3) is 0 Å². The molecule has 1 aliphatic rings. The minimum Gasteiger partial charge on any atom is -0.0776 e. The maximum absolute atomic E-state index is 2.41. The smallest absolute Gasteiger partial charge is 0.0386 e. The van der Waals surface area contributed by atoms with Crippen LogP contribution in [0.25, 0.3) is 0 Å². The monoisotopic (exact) mass is 284 g/mol. The van der Waals surface area contributed by atoms with E-state index in [0.717, 1.165) is 29.6 Å². The molecule has 0 aromatic heterocycles. The second-order valence-electron chi connectivity index (χ2n) is 7.46. The summed E-state index contributed by atoms with van der Waals surface area (Å²) in [7, 11) is 0. The van der Waals surface area contributed by atoms with E-state index in [0.29, 0.717) is 0 Å². The molecule has 0 N–H and O–H groups in total. The van der Waals surface area contributed by atoms with Crippen LogP contribution >= 0.6 is 0 Å². The second kappa shape index (κ2) is 12.7. The lowest BCUT2D eigenvalue weighted by Crippen LogP contribution is -2.20. The van der Waals surface area contributed by atoms with Crippen molar-refractivity contribution in [1.29, 1.82) is 0 Å². The van der Waals surface area contributed by atoms with Gasteiger partial charge in [-0.25, -0.2) is 0 Å². The molecule has 1 saturated carbocycles. The Kier molecular flexibility index (Phi) is 14.2. The van der Waals surface area contributed by atoms with Gasteiger partial charge in [-0.05, 0) is 42.4 Å². The zero-order valence-corrected chi connectivity index (χ0v) is 14.8. The molecule has 0 radical (unpaired) electrons. The van der Waals surface area contributed by atoms with Crippen molar-refractivity contribution in [1.82, 2.24) is 0 Å². The Morgan fingerprint density at radius 2 is 1.30 bits per heavy atom. The minimum absolute atomic E-state index is 0. The van der Waals surface area contributed by atoms with Crippen molar-refractivity contribution in [2.24, 2.45) is 29.6 Å². The molecule has 0 nitrogen and oxygen atoms in total. The molecular weight excluding hydrogens is 240 g/mol. The maximum atomic E-state index is 2.41. The van der Waals surface area contributed by atoms with Gasteiger partial charge in [-0.15, -0.1) is 0 Å². The highest BCUT2D eigenvalue weighted by Crippen LogP contribution is 2.36. The molecule has 0 spiro atoms. The Bertz CT molecular complexity index is 178. The van der Waals surface area contributed by atoms with Crippen LogP contribution < -0.4 is 0 Å². The molecule has 124 valence electrons. The highest BCUT2D eigenvalue weighted by atomic mass is 14.3. The van der Waals surface area contributed by atoms with Gasteiger partial charge in [-0.1, -0.05) is 88.0 Å². The summed E-state index contributed by atoms with van der Waals surface area (Å²) in [6.07, 6.45) is 10.3. The Labute approximate surface area is 131 Å². The van der Waals surface area contributed by atoms with Crippen molar-refractivity contribution in [3.8, 4) is 0 Å². The standard InChI is InChI=1S/C13H26.C6H14.CH4/c1-4-6-12(5-2)13-9-7-11(3)8-10-13;1-5(2)6(3)4;/h11-13H,4-10H2,1-3H3;5-6H,1-4H3;1H4. The van der Waals surface area contributed by atoms with Gasteiger partial charge >= 0.3 is 0 Å². The number of rotatable bonds is 5. The molecule has 0 saturated heterocycles. The minimum atomic E-state index is 0. The molecule has 0 aromatic rings. The molecule has 1 atom stereocenters. The van der Waals surface area contributed by atoms with E-state index in [1.54, 1.807) is 0 Å². The van der Waals surface area contributed by atoms with Crippen LogP contribution in [0.2, 0.25) is 0 Å². The summed E-state index contributed by atoms with van der Waals surface area (Å²) in [5.41, 5.74) is 0. The summed E-state index contributed by atoms with van der Waals surface area (Å²) in [6, 6.07) is 0. The van der Waals surface area contributed by atoms with E-state index in [1.807, 2.05) is 0 Å². The van der Waals surface area contributed by atoms with Gasteiger partial charge in [0.1, 0.15) is 0 Å². The quantitative estimate of drug-likeness (QED) is 0.488. The molecule has 1 unspecified atom stereocenters. The average molecular weight is 285 g/mol. The summed E-state index contributed by atoms with van der Waals surface area (Å²) < 4.78 is 0. The lowest BCUT2D eigenvalue weighted by molar-refractivity contribution is 0.197. The summed E-state index contributed by atoms with van der Waals surface area (Å²) >= 11 is 0. The van der Waals surface area contributed by atoms with E-state index < -0.39 is 0 Å². The van der Waals surface area contributed by atoms with Gasteiger partial charge in [0.2, 0.25) is 0 Å². The van der Waals surface area contributed by atoms with Gasteiger partial charge in [0.05, 0.1) is 0 Å². The molecule has 0 bridgehead atoms. The first-order valence-corrected chi connectivity index (χ1v) is 8.92. The van der Waals surface area contributed by atoms with E-state index in [2.05, 4.69) is 48.5 Å². The predicted molar refractivity (Wildman–Crippen MR) is 96.2 cm³/mol. The van der Waals surface area contributed by atoms with Gasteiger partial charge in [-0.2, -0.15) is 0 Å². The van der Waals surface area contributed by atoms with E-state index >= 15 is 0 Å². The molecule has 0 aliphatic heterocycles. The van der Waals surface area contributed by atoms with Gasteiger partial charge < -0.3 is 0 Å². The Hall–Kier alpha value is 0. The molecular formula is C20H44. The van der Waals surface area contributed by atoms with Gasteiger partial charge in [0, 0.05) is 0 Å². The van der Waals surface area contributed by atoms with E-state index in [9.17, 15) is 0 Å². The molecule has 0 heterocycles. The summed E-state index contributed by atoms with van der Waals surface area (Å²) in [6.45, 7) is 16.1. The second-order valence-corrected chi connectivity index (χ2v) is 7.46. The Morgan fingerprint density at radius 1 is 0.850 bits per heavy atom. The highest BCUT2D eigenvalue weighted by molar-refractivity contribution is 4.75. The molecule has 1 rings (SSSR count). The first-order chi connectivity index (χ1) is 8.92. The van der Waals surface area contributed by atoms with E-state index in [4.69, 9.17) is 0 Å². The lowest BCUT2D eigenvalue weighted by atomic mass is 9.74. The number of hydrogen-bond donors (Lipinski definition) is 0. The molecule has 0 aromatic carbocycles. The van der Waals surface area contributed by atoms with Crippen LogP contribution in [-0.4, -0.2) is 0 Å². The van der Waals surface area contributed by atoms with Crippen molar-refractivity contribution in [2.45, 2.75) is 101 Å². The third kappa shape index (κ3) is 9.83. The van der Waals surface area contributed by atoms with Crippen LogP contribution in [-0.2, 0) is 0 Å². The maximum Gasteiger partial charge on any atom is -0.0386 e. The van der Waals surface area contributed by atoms with Crippen molar-refractivity contribution >= 4 is 0 Å². The molecule has 0 amide bonds. The fourth-order valence-corrected chi connectivity index (χ4v) is 2.90. The highest BCUT2D eigenvalue weighted by Gasteiger charge is 2.23. The van der Waals surface area contributed by atoms with Crippen LogP contribution in [0.1, 0.15) is 101 Å².